The molecular formula is C19H15N3OS2. The maximum atomic E-state index is 12.1. The van der Waals surface area contributed by atoms with E-state index in [2.05, 4.69) is 39.9 Å². The molecule has 6 heteroatoms. The van der Waals surface area contributed by atoms with Crippen molar-refractivity contribution in [2.45, 2.75) is 19.4 Å². The van der Waals surface area contributed by atoms with E-state index in [1.54, 1.807) is 11.3 Å². The third-order valence-corrected chi connectivity index (χ3v) is 6.37. The van der Waals surface area contributed by atoms with Gasteiger partial charge in [-0.3, -0.25) is 5.32 Å². The van der Waals surface area contributed by atoms with Crippen LogP contribution in [0.4, 0.5) is 9.93 Å². The Morgan fingerprint density at radius 2 is 2.08 bits per heavy atom. The number of nitrogens with zero attached hydrogens (tertiary/aromatic N) is 1. The van der Waals surface area contributed by atoms with Crippen LogP contribution in [-0.4, -0.2) is 11.0 Å². The average Bonchev–Trinajstić information content (AvgIpc) is 3.34. The van der Waals surface area contributed by atoms with Gasteiger partial charge in [-0.1, -0.05) is 35.6 Å². The Morgan fingerprint density at radius 3 is 2.96 bits per heavy atom. The Bertz CT molecular complexity index is 1100. The first-order valence-electron chi connectivity index (χ1n) is 8.19. The fourth-order valence-electron chi connectivity index (χ4n) is 3.48. The van der Waals surface area contributed by atoms with Crippen LogP contribution in [0.15, 0.2) is 41.8 Å². The van der Waals surface area contributed by atoms with E-state index in [9.17, 15) is 4.79 Å². The van der Waals surface area contributed by atoms with E-state index >= 15 is 0 Å². The molecule has 0 saturated heterocycles. The first-order valence-corrected chi connectivity index (χ1v) is 9.89. The highest BCUT2D eigenvalue weighted by Gasteiger charge is 2.18. The summed E-state index contributed by atoms with van der Waals surface area (Å²) < 4.78 is 1.13. The van der Waals surface area contributed by atoms with E-state index in [0.717, 1.165) is 27.9 Å². The summed E-state index contributed by atoms with van der Waals surface area (Å²) in [6, 6.07) is 12.4. The molecule has 4 nitrogen and oxygen atoms in total. The molecule has 2 N–H and O–H groups in total. The number of nitrogens with one attached hydrogen (secondary N) is 2. The van der Waals surface area contributed by atoms with Crippen molar-refractivity contribution in [2.24, 2.45) is 0 Å². The van der Waals surface area contributed by atoms with Gasteiger partial charge in [-0.2, -0.15) is 0 Å². The number of fused-ring (bicyclic) bond motifs is 2. The molecule has 0 atom stereocenters. The minimum Gasteiger partial charge on any atom is -0.333 e. The van der Waals surface area contributed by atoms with Crippen molar-refractivity contribution in [3.05, 3.63) is 57.8 Å². The van der Waals surface area contributed by atoms with Gasteiger partial charge in [-0.15, -0.1) is 11.3 Å². The molecule has 2 aromatic carbocycles. The lowest BCUT2D eigenvalue weighted by Gasteiger charge is -2.03. The van der Waals surface area contributed by atoms with Crippen LogP contribution in [0.1, 0.15) is 16.0 Å². The second-order valence-electron chi connectivity index (χ2n) is 6.13. The van der Waals surface area contributed by atoms with Crippen LogP contribution in [0, 0.1) is 0 Å². The lowest BCUT2D eigenvalue weighted by molar-refractivity contribution is 0.252. The van der Waals surface area contributed by atoms with Crippen LogP contribution in [0.2, 0.25) is 0 Å². The van der Waals surface area contributed by atoms with Gasteiger partial charge in [0.25, 0.3) is 0 Å². The third kappa shape index (κ3) is 2.58. The molecule has 25 heavy (non-hydrogen) atoms. The van der Waals surface area contributed by atoms with Gasteiger partial charge in [0, 0.05) is 10.3 Å². The van der Waals surface area contributed by atoms with E-state index < -0.39 is 0 Å². The van der Waals surface area contributed by atoms with Crippen LogP contribution in [0.25, 0.3) is 21.0 Å². The zero-order valence-electron chi connectivity index (χ0n) is 13.3. The number of amides is 2. The molecule has 0 spiro atoms. The van der Waals surface area contributed by atoms with Crippen LogP contribution >= 0.6 is 22.7 Å². The number of carbonyl (C=O) groups excluding carboxylic acids is 1. The Kier molecular flexibility index (Phi) is 3.46. The highest BCUT2D eigenvalue weighted by atomic mass is 32.1. The average molecular weight is 365 g/mol. The molecule has 1 aliphatic rings. The van der Waals surface area contributed by atoms with Crippen molar-refractivity contribution in [2.75, 3.05) is 5.32 Å². The predicted molar refractivity (Wildman–Crippen MR) is 105 cm³/mol. The summed E-state index contributed by atoms with van der Waals surface area (Å²) in [5, 5.41) is 10.9. The molecule has 0 unspecified atom stereocenters. The molecule has 0 aliphatic heterocycles. The van der Waals surface area contributed by atoms with Crippen LogP contribution in [-0.2, 0) is 19.4 Å². The molecule has 124 valence electrons. The van der Waals surface area contributed by atoms with Gasteiger partial charge < -0.3 is 5.32 Å². The lowest BCUT2D eigenvalue weighted by atomic mass is 10.0. The van der Waals surface area contributed by atoms with Crippen molar-refractivity contribution in [3.63, 3.8) is 0 Å². The maximum Gasteiger partial charge on any atom is 0.321 e. The van der Waals surface area contributed by atoms with Gasteiger partial charge >= 0.3 is 6.03 Å². The van der Waals surface area contributed by atoms with E-state index in [-0.39, 0.29) is 6.03 Å². The summed E-state index contributed by atoms with van der Waals surface area (Å²) in [5.74, 6) is 0. The first-order chi connectivity index (χ1) is 12.3. The molecular weight excluding hydrogens is 350 g/mol. The van der Waals surface area contributed by atoms with Gasteiger partial charge in [-0.05, 0) is 46.9 Å². The number of rotatable bonds is 3. The standard InChI is InChI=1S/C19H15N3OS2/c23-18(20-10-13-4-2-8-24-13)22-19-21-17-14-5-1-3-11-6-7-12(16(11)14)9-15(17)25-19/h1-5,8-9H,6-7,10H2,(H2,20,21,22,23). The van der Waals surface area contributed by atoms with Crippen LogP contribution in [0.5, 0.6) is 0 Å². The highest BCUT2D eigenvalue weighted by Crippen LogP contribution is 2.38. The normalized spacial score (nSPS) is 12.8. The number of urea groups is 1. The van der Waals surface area contributed by atoms with Gasteiger partial charge in [0.1, 0.15) is 0 Å². The third-order valence-electron chi connectivity index (χ3n) is 4.57. The Labute approximate surface area is 152 Å². The fourth-order valence-corrected chi connectivity index (χ4v) is 5.07. The summed E-state index contributed by atoms with van der Waals surface area (Å²) in [6.07, 6.45) is 2.20. The van der Waals surface area contributed by atoms with E-state index in [1.165, 1.54) is 33.2 Å². The van der Waals surface area contributed by atoms with E-state index in [0.29, 0.717) is 11.7 Å². The molecule has 0 bridgehead atoms. The topological polar surface area (TPSA) is 54.0 Å². The molecule has 0 radical (unpaired) electrons. The first kappa shape index (κ1) is 14.9. The number of aryl methyl sites for hydroxylation is 2. The molecule has 0 saturated carbocycles. The van der Waals surface area contributed by atoms with Gasteiger partial charge in [0.05, 0.1) is 16.8 Å². The summed E-state index contributed by atoms with van der Waals surface area (Å²) in [5.41, 5.74) is 3.79. The fraction of sp³-hybridized carbons (Fsp3) is 0.158. The number of carbonyl (C=O) groups is 1. The number of aromatic nitrogens is 1. The number of anilines is 1. The lowest BCUT2D eigenvalue weighted by Crippen LogP contribution is -2.27. The van der Waals surface area contributed by atoms with Gasteiger partial charge in [0.2, 0.25) is 0 Å². The molecule has 1 aliphatic carbocycles. The highest BCUT2D eigenvalue weighted by molar-refractivity contribution is 7.22. The molecule has 5 rings (SSSR count). The van der Waals surface area contributed by atoms with Crippen LogP contribution in [0.3, 0.4) is 0 Å². The number of thiazole rings is 1. The number of thiophene rings is 1. The van der Waals surface area contributed by atoms with Gasteiger partial charge in [0.15, 0.2) is 5.13 Å². The van der Waals surface area contributed by atoms with E-state index in [1.807, 2.05) is 17.5 Å². The molecule has 2 aromatic heterocycles. The van der Waals surface area contributed by atoms with Gasteiger partial charge in [-0.25, -0.2) is 9.78 Å². The zero-order valence-corrected chi connectivity index (χ0v) is 15.0. The largest absolute Gasteiger partial charge is 0.333 e. The summed E-state index contributed by atoms with van der Waals surface area (Å²) in [7, 11) is 0. The molecule has 4 aromatic rings. The van der Waals surface area contributed by atoms with Crippen molar-refractivity contribution in [1.29, 1.82) is 0 Å². The number of hydrogen-bond acceptors (Lipinski definition) is 4. The minimum absolute atomic E-state index is 0.218. The monoisotopic (exact) mass is 365 g/mol. The summed E-state index contributed by atoms with van der Waals surface area (Å²) >= 11 is 3.17. The smallest absolute Gasteiger partial charge is 0.321 e. The Hall–Kier alpha value is -2.44. The molecule has 2 amide bonds. The van der Waals surface area contributed by atoms with E-state index in [4.69, 9.17) is 0 Å². The second-order valence-corrected chi connectivity index (χ2v) is 8.19. The quantitative estimate of drug-likeness (QED) is 0.541. The maximum absolute atomic E-state index is 12.1. The molecule has 2 heterocycles. The second kappa shape index (κ2) is 5.82. The summed E-state index contributed by atoms with van der Waals surface area (Å²) in [6.45, 7) is 0.533. The SMILES string of the molecule is O=C(NCc1cccs1)Nc1nc2c(cc3c4c(cccc42)CC3)s1. The summed E-state index contributed by atoms with van der Waals surface area (Å²) in [4.78, 5) is 17.9. The van der Waals surface area contributed by atoms with Crippen molar-refractivity contribution in [3.8, 4) is 0 Å². The minimum atomic E-state index is -0.218. The number of hydrogen-bond donors (Lipinski definition) is 2. The molecule has 0 fully saturated rings. The zero-order chi connectivity index (χ0) is 16.8. The Balaban J connectivity index is 1.44. The van der Waals surface area contributed by atoms with Crippen molar-refractivity contribution in [1.82, 2.24) is 10.3 Å². The van der Waals surface area contributed by atoms with Crippen LogP contribution < -0.4 is 10.6 Å². The Morgan fingerprint density at radius 1 is 1.16 bits per heavy atom. The number of benzene rings is 2. The predicted octanol–water partition coefficient (Wildman–Crippen LogP) is 4.93. The van der Waals surface area contributed by atoms with Crippen molar-refractivity contribution >= 4 is 54.8 Å². The van der Waals surface area contributed by atoms with Crippen molar-refractivity contribution < 1.29 is 4.79 Å².